The van der Waals surface area contributed by atoms with Crippen LogP contribution in [0.15, 0.2) is 84.9 Å². The molecule has 336 valence electrons. The van der Waals surface area contributed by atoms with Gasteiger partial charge in [-0.05, 0) is 103 Å². The molecule has 1 N–H and O–H groups in total. The molecule has 0 aliphatic carbocycles. The number of phenolic OH excluding ortho intramolecular Hbond substituents is 1. The van der Waals surface area contributed by atoms with Gasteiger partial charge in [0.15, 0.2) is 4.47 Å². The Morgan fingerprint density at radius 2 is 1.10 bits per heavy atom. The SMILES string of the molecule is Cc1ccc(CN2CCN(C(=O)OC(C)(C)C)CC2)c(O)c1.Cc1ccc(CN2CCN(C(=O)OC(C)(C)C)CC2)c(Oc2nc3ccccc3s2)c1.Clc1nc2ccccc2s1. The summed E-state index contributed by atoms with van der Waals surface area (Å²) >= 11 is 8.75. The second-order valence-corrected chi connectivity index (χ2v) is 20.3. The molecule has 2 fully saturated rings. The average molecular weight is 916 g/mol. The molecule has 63 heavy (non-hydrogen) atoms. The monoisotopic (exact) mass is 914 g/mol. The number of aromatic hydroxyl groups is 1. The molecule has 4 heterocycles. The van der Waals surface area contributed by atoms with E-state index in [0.29, 0.717) is 48.1 Å². The summed E-state index contributed by atoms with van der Waals surface area (Å²) in [6.07, 6.45) is -0.479. The Hall–Kier alpha value is -4.99. The van der Waals surface area contributed by atoms with Crippen molar-refractivity contribution in [3.8, 4) is 16.7 Å². The number of aryl methyl sites for hydroxylation is 2. The van der Waals surface area contributed by atoms with Crippen LogP contribution >= 0.6 is 34.3 Å². The van der Waals surface area contributed by atoms with E-state index in [-0.39, 0.29) is 12.2 Å². The van der Waals surface area contributed by atoms with E-state index in [4.69, 9.17) is 25.8 Å². The molecule has 2 aromatic heterocycles. The predicted molar refractivity (Wildman–Crippen MR) is 255 cm³/mol. The van der Waals surface area contributed by atoms with E-state index >= 15 is 0 Å². The predicted octanol–water partition coefficient (Wildman–Crippen LogP) is 11.2. The molecular formula is C48H59ClN6O6S2. The number of piperazine rings is 2. The minimum absolute atomic E-state index is 0.234. The number of hydrogen-bond acceptors (Lipinski definition) is 12. The Morgan fingerprint density at radius 1 is 0.635 bits per heavy atom. The fourth-order valence-electron chi connectivity index (χ4n) is 6.84. The van der Waals surface area contributed by atoms with Gasteiger partial charge in [-0.1, -0.05) is 71.5 Å². The Kier molecular flexibility index (Phi) is 15.9. The molecule has 2 amide bonds. The molecule has 0 radical (unpaired) electrons. The van der Waals surface area contributed by atoms with Crippen molar-refractivity contribution in [2.75, 3.05) is 52.4 Å². The summed E-state index contributed by atoms with van der Waals surface area (Å²) in [7, 11) is 0. The van der Waals surface area contributed by atoms with Crippen molar-refractivity contribution in [2.45, 2.75) is 79.7 Å². The number of benzene rings is 4. The summed E-state index contributed by atoms with van der Waals surface area (Å²) in [6, 6.07) is 28.0. The highest BCUT2D eigenvalue weighted by Gasteiger charge is 2.28. The topological polar surface area (TPSA) is 121 Å². The standard InChI is InChI=1S/C24H29N3O3S.C17H26N2O3.C7H4ClNS/c1-17-9-10-18(16-26-11-13-27(14-12-26)23(28)30-24(2,3)4)20(15-17)29-22-25-19-7-5-6-8-21(19)31-22;1-13-5-6-14(15(20)11-13)12-18-7-9-19(10-8-18)16(21)22-17(2,3)4;8-7-9-5-3-1-2-4-6(5)10-7/h5-10,15H,11-14,16H2,1-4H3;5-6,11,20H,7-10,12H2,1-4H3;1-4H. The smallest absolute Gasteiger partial charge is 0.410 e. The van der Waals surface area contributed by atoms with E-state index in [1.165, 1.54) is 11.3 Å². The highest BCUT2D eigenvalue weighted by molar-refractivity contribution is 7.22. The first kappa shape index (κ1) is 47.5. The second-order valence-electron chi connectivity index (χ2n) is 17.7. The van der Waals surface area contributed by atoms with Gasteiger partial charge in [0, 0.05) is 76.6 Å². The minimum atomic E-state index is -0.469. The number of carbonyl (C=O) groups excluding carboxylic acids is 2. The van der Waals surface area contributed by atoms with Crippen molar-refractivity contribution >= 4 is 66.9 Å². The molecule has 0 atom stereocenters. The third kappa shape index (κ3) is 14.5. The lowest BCUT2D eigenvalue weighted by Crippen LogP contribution is -2.49. The normalized spacial score (nSPS) is 15.0. The Bertz CT molecular complexity index is 2400. The van der Waals surface area contributed by atoms with Crippen LogP contribution in [0.3, 0.4) is 0 Å². The quantitative estimate of drug-likeness (QED) is 0.173. The van der Waals surface area contributed by atoms with Gasteiger partial charge in [0.25, 0.3) is 5.19 Å². The minimum Gasteiger partial charge on any atom is -0.508 e. The van der Waals surface area contributed by atoms with E-state index in [2.05, 4.69) is 51.0 Å². The first-order valence-corrected chi connectivity index (χ1v) is 23.2. The molecule has 0 spiro atoms. The maximum absolute atomic E-state index is 12.3. The van der Waals surface area contributed by atoms with Crippen LogP contribution in [0.25, 0.3) is 20.4 Å². The van der Waals surface area contributed by atoms with Gasteiger partial charge in [0.1, 0.15) is 22.7 Å². The number of hydrogen-bond donors (Lipinski definition) is 1. The molecule has 6 aromatic rings. The summed E-state index contributed by atoms with van der Waals surface area (Å²) in [6.45, 7) is 22.6. The molecule has 4 aromatic carbocycles. The Balaban J connectivity index is 0.000000178. The maximum Gasteiger partial charge on any atom is 0.410 e. The molecule has 12 nitrogen and oxygen atoms in total. The highest BCUT2D eigenvalue weighted by atomic mass is 35.5. The molecule has 2 saturated heterocycles. The number of thiazole rings is 2. The molecule has 2 aliphatic rings. The van der Waals surface area contributed by atoms with Crippen molar-refractivity contribution in [1.82, 2.24) is 29.6 Å². The molecule has 15 heteroatoms. The van der Waals surface area contributed by atoms with E-state index in [1.54, 1.807) is 27.2 Å². The van der Waals surface area contributed by atoms with Crippen molar-refractivity contribution in [3.63, 3.8) is 0 Å². The fraction of sp³-hybridized carbons (Fsp3) is 0.417. The number of ether oxygens (including phenoxy) is 3. The molecule has 2 aliphatic heterocycles. The number of rotatable bonds is 6. The van der Waals surface area contributed by atoms with Gasteiger partial charge in [0.05, 0.1) is 20.4 Å². The molecule has 0 bridgehead atoms. The third-order valence-corrected chi connectivity index (χ3v) is 12.1. The summed E-state index contributed by atoms with van der Waals surface area (Å²) in [5.74, 6) is 1.18. The van der Waals surface area contributed by atoms with Gasteiger partial charge in [-0.15, -0.1) is 11.3 Å². The summed E-state index contributed by atoms with van der Waals surface area (Å²) in [5, 5.41) is 10.6. The van der Waals surface area contributed by atoms with Crippen LogP contribution in [-0.4, -0.2) is 110 Å². The molecule has 0 saturated carbocycles. The van der Waals surface area contributed by atoms with Gasteiger partial charge in [-0.3, -0.25) is 9.80 Å². The maximum atomic E-state index is 12.3. The van der Waals surface area contributed by atoms with E-state index in [1.807, 2.05) is 103 Å². The second kappa shape index (κ2) is 21.1. The largest absolute Gasteiger partial charge is 0.508 e. The zero-order valence-corrected chi connectivity index (χ0v) is 39.9. The van der Waals surface area contributed by atoms with Gasteiger partial charge < -0.3 is 29.1 Å². The lowest BCUT2D eigenvalue weighted by molar-refractivity contribution is 0.0129. The first-order valence-electron chi connectivity index (χ1n) is 21.2. The van der Waals surface area contributed by atoms with Gasteiger partial charge >= 0.3 is 12.2 Å². The first-order chi connectivity index (χ1) is 29.9. The van der Waals surface area contributed by atoms with Crippen molar-refractivity contribution in [2.24, 2.45) is 0 Å². The molecule has 8 rings (SSSR count). The zero-order valence-electron chi connectivity index (χ0n) is 37.5. The number of nitrogens with zero attached hydrogens (tertiary/aromatic N) is 6. The van der Waals surface area contributed by atoms with Crippen LogP contribution in [0.1, 0.15) is 63.8 Å². The Morgan fingerprint density at radius 3 is 1.59 bits per heavy atom. The Labute approximate surface area is 384 Å². The summed E-state index contributed by atoms with van der Waals surface area (Å²) in [5.41, 5.74) is 5.26. The van der Waals surface area contributed by atoms with Crippen molar-refractivity contribution in [3.05, 3.63) is 112 Å². The number of para-hydroxylation sites is 2. The lowest BCUT2D eigenvalue weighted by atomic mass is 10.1. The fourth-order valence-corrected chi connectivity index (χ4v) is 8.70. The van der Waals surface area contributed by atoms with Crippen LogP contribution in [0, 0.1) is 13.8 Å². The highest BCUT2D eigenvalue weighted by Crippen LogP contribution is 2.34. The van der Waals surface area contributed by atoms with Crippen LogP contribution in [0.2, 0.25) is 4.47 Å². The van der Waals surface area contributed by atoms with E-state index < -0.39 is 11.2 Å². The van der Waals surface area contributed by atoms with Gasteiger partial charge in [-0.25, -0.2) is 19.6 Å². The van der Waals surface area contributed by atoms with Gasteiger partial charge in [-0.2, -0.15) is 0 Å². The van der Waals surface area contributed by atoms with Crippen molar-refractivity contribution < 1.29 is 28.9 Å². The summed E-state index contributed by atoms with van der Waals surface area (Å²) in [4.78, 5) is 41.1. The van der Waals surface area contributed by atoms with Crippen LogP contribution in [0.5, 0.6) is 16.7 Å². The number of aromatic nitrogens is 2. The number of carbonyl (C=O) groups is 2. The zero-order chi connectivity index (χ0) is 45.3. The third-order valence-electron chi connectivity index (χ3n) is 10.0. The number of halogens is 1. The number of phenols is 1. The average Bonchev–Trinajstić information content (AvgIpc) is 3.81. The van der Waals surface area contributed by atoms with E-state index in [0.717, 1.165) is 81.2 Å². The number of amides is 2. The van der Waals surface area contributed by atoms with Crippen LogP contribution < -0.4 is 4.74 Å². The van der Waals surface area contributed by atoms with Crippen molar-refractivity contribution in [1.29, 1.82) is 0 Å². The lowest BCUT2D eigenvalue weighted by Gasteiger charge is -2.35. The van der Waals surface area contributed by atoms with Crippen LogP contribution in [-0.2, 0) is 22.6 Å². The molecular weight excluding hydrogens is 856 g/mol. The number of fused-ring (bicyclic) bond motifs is 2. The summed E-state index contributed by atoms with van der Waals surface area (Å²) < 4.78 is 20.0. The molecule has 0 unspecified atom stereocenters. The van der Waals surface area contributed by atoms with E-state index in [9.17, 15) is 14.7 Å². The van der Waals surface area contributed by atoms with Gasteiger partial charge in [0.2, 0.25) is 0 Å². The van der Waals surface area contributed by atoms with Crippen LogP contribution in [0.4, 0.5) is 9.59 Å².